The van der Waals surface area contributed by atoms with Crippen molar-refractivity contribution >= 4 is 11.6 Å². The average Bonchev–Trinajstić information content (AvgIpc) is 2.16. The van der Waals surface area contributed by atoms with Gasteiger partial charge in [0.1, 0.15) is 5.82 Å². The fourth-order valence-electron chi connectivity index (χ4n) is 1.34. The predicted molar refractivity (Wildman–Crippen MR) is 53.8 cm³/mol. The molecular weight excluding hydrogens is 178 g/mol. The van der Waals surface area contributed by atoms with Crippen molar-refractivity contribution in [3.8, 4) is 0 Å². The smallest absolute Gasteiger partial charge is 0.279 e. The van der Waals surface area contributed by atoms with Gasteiger partial charge in [0.05, 0.1) is 5.69 Å². The highest BCUT2D eigenvalue weighted by atomic mass is 16.2. The Labute approximate surface area is 82.3 Å². The van der Waals surface area contributed by atoms with Gasteiger partial charge in [-0.05, 0) is 19.1 Å². The second kappa shape index (κ2) is 2.83. The van der Waals surface area contributed by atoms with Crippen LogP contribution in [-0.4, -0.2) is 22.8 Å². The van der Waals surface area contributed by atoms with Crippen LogP contribution >= 0.6 is 0 Å². The third-order valence-corrected chi connectivity index (χ3v) is 2.23. The Morgan fingerprint density at radius 2 is 2.21 bits per heavy atom. The first-order valence-electron chi connectivity index (χ1n) is 4.31. The minimum atomic E-state index is -0.118. The van der Waals surface area contributed by atoms with Crippen molar-refractivity contribution < 1.29 is 4.79 Å². The first kappa shape index (κ1) is 8.74. The minimum absolute atomic E-state index is 0.118. The molecule has 2 rings (SSSR count). The van der Waals surface area contributed by atoms with E-state index in [4.69, 9.17) is 0 Å². The van der Waals surface area contributed by atoms with Gasteiger partial charge in [-0.2, -0.15) is 0 Å². The van der Waals surface area contributed by atoms with Crippen LogP contribution in [0.5, 0.6) is 0 Å². The van der Waals surface area contributed by atoms with Gasteiger partial charge in [0.15, 0.2) is 5.69 Å². The molecule has 72 valence electrons. The van der Waals surface area contributed by atoms with E-state index in [9.17, 15) is 4.79 Å². The zero-order valence-corrected chi connectivity index (χ0v) is 8.16. The molecule has 0 spiro atoms. The van der Waals surface area contributed by atoms with Crippen molar-refractivity contribution in [2.45, 2.75) is 6.92 Å². The molecule has 0 aliphatic carbocycles. The van der Waals surface area contributed by atoms with Gasteiger partial charge in [0, 0.05) is 12.7 Å². The Hall–Kier alpha value is -1.84. The molecule has 4 nitrogen and oxygen atoms in total. The highest BCUT2D eigenvalue weighted by Gasteiger charge is 2.25. The third-order valence-electron chi connectivity index (χ3n) is 2.23. The monoisotopic (exact) mass is 189 g/mol. The molecule has 1 aliphatic rings. The second-order valence-electron chi connectivity index (χ2n) is 3.28. The van der Waals surface area contributed by atoms with E-state index in [1.54, 1.807) is 7.05 Å². The third kappa shape index (κ3) is 1.16. The molecule has 0 saturated heterocycles. The Kier molecular flexibility index (Phi) is 1.77. The van der Waals surface area contributed by atoms with Crippen LogP contribution in [0.4, 0.5) is 5.69 Å². The topological polar surface area (TPSA) is 45.2 Å². The quantitative estimate of drug-likeness (QED) is 0.670. The lowest BCUT2D eigenvalue weighted by Crippen LogP contribution is -2.35. The number of anilines is 1. The SMILES string of the molecule is C=C1Nc2ccc(C)nc2C(=O)N1C. The Morgan fingerprint density at radius 1 is 1.50 bits per heavy atom. The van der Waals surface area contributed by atoms with Crippen molar-refractivity contribution in [1.29, 1.82) is 0 Å². The molecule has 0 unspecified atom stereocenters. The molecule has 1 aliphatic heterocycles. The zero-order valence-electron chi connectivity index (χ0n) is 8.16. The molecule has 0 aromatic carbocycles. The van der Waals surface area contributed by atoms with Crippen LogP contribution < -0.4 is 5.32 Å². The van der Waals surface area contributed by atoms with Crippen LogP contribution in [0.15, 0.2) is 24.5 Å². The highest BCUT2D eigenvalue weighted by molar-refractivity contribution is 6.01. The number of aromatic nitrogens is 1. The van der Waals surface area contributed by atoms with Gasteiger partial charge < -0.3 is 5.32 Å². The molecule has 1 aromatic heterocycles. The van der Waals surface area contributed by atoms with Gasteiger partial charge in [-0.1, -0.05) is 6.58 Å². The van der Waals surface area contributed by atoms with Crippen molar-refractivity contribution in [2.75, 3.05) is 12.4 Å². The molecule has 0 fully saturated rings. The zero-order chi connectivity index (χ0) is 10.3. The number of nitrogens with one attached hydrogen (secondary N) is 1. The Morgan fingerprint density at radius 3 is 2.93 bits per heavy atom. The molecule has 4 heteroatoms. The Balaban J connectivity index is 2.57. The van der Waals surface area contributed by atoms with Crippen LogP contribution in [0.25, 0.3) is 0 Å². The van der Waals surface area contributed by atoms with Crippen molar-refractivity contribution in [3.05, 3.63) is 35.9 Å². The number of rotatable bonds is 0. The van der Waals surface area contributed by atoms with Crippen LogP contribution in [0.2, 0.25) is 0 Å². The molecule has 1 aromatic rings. The summed E-state index contributed by atoms with van der Waals surface area (Å²) in [6.07, 6.45) is 0. The standard InChI is InChI=1S/C10H11N3O/c1-6-4-5-8-9(11-6)10(14)13(3)7(2)12-8/h4-5,12H,2H2,1,3H3. The molecule has 2 heterocycles. The molecule has 0 atom stereocenters. The summed E-state index contributed by atoms with van der Waals surface area (Å²) in [6, 6.07) is 3.70. The summed E-state index contributed by atoms with van der Waals surface area (Å²) in [5, 5.41) is 3.02. The molecule has 1 N–H and O–H groups in total. The maximum absolute atomic E-state index is 11.7. The van der Waals surface area contributed by atoms with E-state index in [1.807, 2.05) is 19.1 Å². The van der Waals surface area contributed by atoms with Crippen LogP contribution in [0.1, 0.15) is 16.2 Å². The second-order valence-corrected chi connectivity index (χ2v) is 3.28. The van der Waals surface area contributed by atoms with Gasteiger partial charge in [0.2, 0.25) is 0 Å². The fraction of sp³-hybridized carbons (Fsp3) is 0.200. The molecule has 1 amide bonds. The lowest BCUT2D eigenvalue weighted by molar-refractivity contribution is 0.0827. The maximum atomic E-state index is 11.7. The Bertz CT molecular complexity index is 425. The predicted octanol–water partition coefficient (Wildman–Crippen LogP) is 1.36. The lowest BCUT2D eigenvalue weighted by Gasteiger charge is -2.27. The van der Waals surface area contributed by atoms with Crippen molar-refractivity contribution in [1.82, 2.24) is 9.88 Å². The number of carbonyl (C=O) groups is 1. The van der Waals surface area contributed by atoms with E-state index in [0.29, 0.717) is 11.5 Å². The van der Waals surface area contributed by atoms with Gasteiger partial charge >= 0.3 is 0 Å². The summed E-state index contributed by atoms with van der Waals surface area (Å²) in [5.74, 6) is 0.459. The van der Waals surface area contributed by atoms with E-state index >= 15 is 0 Å². The minimum Gasteiger partial charge on any atom is -0.340 e. The summed E-state index contributed by atoms with van der Waals surface area (Å²) in [4.78, 5) is 17.4. The summed E-state index contributed by atoms with van der Waals surface area (Å²) in [6.45, 7) is 5.59. The number of hydrogen-bond acceptors (Lipinski definition) is 3. The largest absolute Gasteiger partial charge is 0.340 e. The van der Waals surface area contributed by atoms with E-state index in [0.717, 1.165) is 11.4 Å². The summed E-state index contributed by atoms with van der Waals surface area (Å²) in [7, 11) is 1.67. The lowest BCUT2D eigenvalue weighted by atomic mass is 10.2. The van der Waals surface area contributed by atoms with Gasteiger partial charge in [0.25, 0.3) is 5.91 Å². The number of pyridine rings is 1. The fourth-order valence-corrected chi connectivity index (χ4v) is 1.34. The van der Waals surface area contributed by atoms with E-state index in [2.05, 4.69) is 16.9 Å². The van der Waals surface area contributed by atoms with Gasteiger partial charge in [-0.25, -0.2) is 4.98 Å². The number of hydrogen-bond donors (Lipinski definition) is 1. The van der Waals surface area contributed by atoms with E-state index in [1.165, 1.54) is 4.90 Å². The molecule has 0 radical (unpaired) electrons. The van der Waals surface area contributed by atoms with Crippen LogP contribution in [-0.2, 0) is 0 Å². The van der Waals surface area contributed by atoms with Crippen molar-refractivity contribution in [2.24, 2.45) is 0 Å². The maximum Gasteiger partial charge on any atom is 0.279 e. The molecule has 0 bridgehead atoms. The number of aryl methyl sites for hydroxylation is 1. The normalized spacial score (nSPS) is 15.1. The summed E-state index contributed by atoms with van der Waals surface area (Å²) >= 11 is 0. The molecule has 0 saturated carbocycles. The van der Waals surface area contributed by atoms with Gasteiger partial charge in [-0.15, -0.1) is 0 Å². The average molecular weight is 189 g/mol. The first-order valence-corrected chi connectivity index (χ1v) is 4.31. The highest BCUT2D eigenvalue weighted by Crippen LogP contribution is 2.23. The summed E-state index contributed by atoms with van der Waals surface area (Å²) < 4.78 is 0. The van der Waals surface area contributed by atoms with Crippen molar-refractivity contribution in [3.63, 3.8) is 0 Å². The van der Waals surface area contributed by atoms with Crippen LogP contribution in [0.3, 0.4) is 0 Å². The van der Waals surface area contributed by atoms with E-state index < -0.39 is 0 Å². The number of amides is 1. The summed E-state index contributed by atoms with van der Waals surface area (Å²) in [5.41, 5.74) is 2.02. The molecular formula is C10H11N3O. The molecule has 14 heavy (non-hydrogen) atoms. The van der Waals surface area contributed by atoms with Gasteiger partial charge in [-0.3, -0.25) is 9.69 Å². The van der Waals surface area contributed by atoms with E-state index in [-0.39, 0.29) is 5.91 Å². The number of fused-ring (bicyclic) bond motifs is 1. The first-order chi connectivity index (χ1) is 6.59. The number of nitrogens with zero attached hydrogens (tertiary/aromatic N) is 2. The van der Waals surface area contributed by atoms with Crippen LogP contribution in [0, 0.1) is 6.92 Å². The number of carbonyl (C=O) groups excluding carboxylic acids is 1.